The van der Waals surface area contributed by atoms with Crippen LogP contribution >= 0.6 is 8.53 Å². The molecule has 78 heavy (non-hydrogen) atoms. The van der Waals surface area contributed by atoms with E-state index in [9.17, 15) is 24.0 Å². The van der Waals surface area contributed by atoms with Crippen molar-refractivity contribution in [3.63, 3.8) is 0 Å². The monoisotopic (exact) mass is 1110 g/mol. The van der Waals surface area contributed by atoms with Gasteiger partial charge in [-0.3, -0.25) is 24.0 Å². The molecule has 7 atom stereocenters. The van der Waals surface area contributed by atoms with E-state index in [0.717, 1.165) is 16.7 Å². The summed E-state index contributed by atoms with van der Waals surface area (Å²) < 4.78 is 56.0. The third-order valence-corrected chi connectivity index (χ3v) is 15.3. The second-order valence-electron chi connectivity index (χ2n) is 19.8. The largest absolute Gasteiger partial charge is 0.497 e. The van der Waals surface area contributed by atoms with Crippen LogP contribution in [0.3, 0.4) is 0 Å². The molecule has 1 aliphatic heterocycles. The lowest BCUT2D eigenvalue weighted by molar-refractivity contribution is -0.273. The quantitative estimate of drug-likeness (QED) is 0.0166. The van der Waals surface area contributed by atoms with E-state index in [0.29, 0.717) is 56.8 Å². The highest BCUT2D eigenvalue weighted by atomic mass is 31.2. The summed E-state index contributed by atoms with van der Waals surface area (Å²) in [6, 6.07) is 24.6. The maximum absolute atomic E-state index is 13.8. The Morgan fingerprint density at radius 3 is 1.82 bits per heavy atom. The Morgan fingerprint density at radius 2 is 1.27 bits per heavy atom. The van der Waals surface area contributed by atoms with E-state index in [-0.39, 0.29) is 94.0 Å². The van der Waals surface area contributed by atoms with Crippen molar-refractivity contribution in [3.05, 3.63) is 107 Å². The molecule has 1 heterocycles. The molecule has 0 spiro atoms. The van der Waals surface area contributed by atoms with Crippen LogP contribution < -0.4 is 25.4 Å². The summed E-state index contributed by atoms with van der Waals surface area (Å²) in [5.74, 6) is -0.421. The number of carbonyl (C=O) groups is 5. The Balaban J connectivity index is 1.32. The van der Waals surface area contributed by atoms with Gasteiger partial charge in [-0.25, -0.2) is 11.2 Å². The average molecular weight is 1110 g/mol. The van der Waals surface area contributed by atoms with Gasteiger partial charge in [-0.1, -0.05) is 68.4 Å². The van der Waals surface area contributed by atoms with Crippen molar-refractivity contribution in [2.24, 2.45) is 11.8 Å². The minimum atomic E-state index is -1.66. The smallest absolute Gasteiger partial charge is 0.303 e. The first-order valence-electron chi connectivity index (χ1n) is 27.0. The van der Waals surface area contributed by atoms with Gasteiger partial charge in [0.1, 0.15) is 42.5 Å². The zero-order chi connectivity index (χ0) is 57.0. The van der Waals surface area contributed by atoms with Crippen molar-refractivity contribution in [3.8, 4) is 11.5 Å². The molecule has 3 amide bonds. The molecule has 7 unspecified atom stereocenters. The predicted octanol–water partition coefficient (Wildman–Crippen LogP) is 8.27. The van der Waals surface area contributed by atoms with Gasteiger partial charge in [-0.2, -0.15) is 0 Å². The first kappa shape index (κ1) is 64.8. The maximum Gasteiger partial charge on any atom is 0.303 e. The van der Waals surface area contributed by atoms with Crippen molar-refractivity contribution in [1.82, 2.24) is 20.6 Å². The summed E-state index contributed by atoms with van der Waals surface area (Å²) in [6.07, 6.45) is 0.982. The van der Waals surface area contributed by atoms with E-state index in [1.165, 1.54) is 13.8 Å². The van der Waals surface area contributed by atoms with Crippen LogP contribution in [-0.2, 0) is 62.3 Å². The average Bonchev–Trinajstić information content (AvgIpc) is 3.42. The van der Waals surface area contributed by atoms with Gasteiger partial charge in [0.25, 0.3) is 8.53 Å². The van der Waals surface area contributed by atoms with Gasteiger partial charge < -0.3 is 63.0 Å². The van der Waals surface area contributed by atoms with E-state index in [1.54, 1.807) is 14.2 Å². The highest BCUT2D eigenvalue weighted by Gasteiger charge is 2.45. The number of amides is 3. The molecule has 1 fully saturated rings. The number of esters is 2. The molecule has 19 nitrogen and oxygen atoms in total. The van der Waals surface area contributed by atoms with Crippen LogP contribution in [0.25, 0.3) is 4.85 Å². The summed E-state index contributed by atoms with van der Waals surface area (Å²) in [5.41, 5.74) is 1.29. The Hall–Kier alpha value is -5.71. The van der Waals surface area contributed by atoms with Gasteiger partial charge >= 0.3 is 11.9 Å². The summed E-state index contributed by atoms with van der Waals surface area (Å²) in [6.45, 7) is 23.2. The van der Waals surface area contributed by atoms with Crippen molar-refractivity contribution in [2.75, 3.05) is 66.9 Å². The predicted molar refractivity (Wildman–Crippen MR) is 296 cm³/mol. The lowest BCUT2D eigenvalue weighted by Gasteiger charge is -2.43. The van der Waals surface area contributed by atoms with Gasteiger partial charge in [-0.15, -0.1) is 0 Å². The second kappa shape index (κ2) is 34.3. The number of hydrogen-bond acceptors (Lipinski definition) is 15. The molecule has 0 saturated carbocycles. The van der Waals surface area contributed by atoms with Crippen LogP contribution in [0.15, 0.2) is 78.9 Å². The Kier molecular flexibility index (Phi) is 28.5. The number of carbonyl (C=O) groups excluding carboxylic acids is 5. The number of unbranched alkanes of at least 4 members (excludes halogenated alkanes) is 2. The van der Waals surface area contributed by atoms with Gasteiger partial charge in [0.05, 0.1) is 33.5 Å². The van der Waals surface area contributed by atoms with Crippen LogP contribution in [0.1, 0.15) is 117 Å². The standard InChI is InChI=1S/C58H84N5O14P/c1-40(2)63(41(3)4)78(74-36-34-59-9)75-38-49(37-73-58(46-19-13-12-14-20-46,47-23-27-50(69-10)28-24-47)48-25-29-51(70-11)30-26-48)62-55(68)31-33-61-54(67)21-15-17-32-60-53(66)22-16-18-35-71-57-43(6)42(5)56(76-45(8)65)52(77-57)39-72-44(7)64/h12-14,19-20,23-30,40-43,49,52,56-57H,15-18,21-22,31-39H2,1-8,10-11H3,(H,60,66)(H,61,67)(H,62,68). The number of methoxy groups -OCH3 is 2. The fourth-order valence-corrected chi connectivity index (χ4v) is 10.7. The second-order valence-corrected chi connectivity index (χ2v) is 21.2. The Bertz CT molecular complexity index is 2260. The molecule has 3 aromatic carbocycles. The van der Waals surface area contributed by atoms with Crippen LogP contribution in [0.4, 0.5) is 0 Å². The molecule has 0 radical (unpaired) electrons. The van der Waals surface area contributed by atoms with E-state index in [1.807, 2.05) is 92.7 Å². The SMILES string of the molecule is [C-]#[N+]CCOP(OCC(COC(c1ccccc1)(c1ccc(OC)cc1)c1ccc(OC)cc1)NC(=O)CCNC(=O)CCCCNC(=O)CCCCOC1OC(COC(C)=O)C(OC(C)=O)C(C)C1C)N(C(C)C)C(C)C. The highest BCUT2D eigenvalue weighted by Crippen LogP contribution is 2.46. The van der Waals surface area contributed by atoms with Crippen molar-refractivity contribution in [2.45, 2.75) is 143 Å². The molecule has 1 saturated heterocycles. The van der Waals surface area contributed by atoms with Crippen LogP contribution in [0.2, 0.25) is 0 Å². The molecule has 0 aliphatic carbocycles. The van der Waals surface area contributed by atoms with E-state index < -0.39 is 50.6 Å². The molecule has 0 aromatic heterocycles. The fourth-order valence-electron chi connectivity index (χ4n) is 9.07. The maximum atomic E-state index is 13.8. The molecule has 20 heteroatoms. The number of benzene rings is 3. The van der Waals surface area contributed by atoms with Gasteiger partial charge in [0.15, 0.2) is 6.29 Å². The molecule has 3 aromatic rings. The van der Waals surface area contributed by atoms with Gasteiger partial charge in [0.2, 0.25) is 24.3 Å². The van der Waals surface area contributed by atoms with E-state index in [4.69, 9.17) is 48.8 Å². The van der Waals surface area contributed by atoms with E-state index >= 15 is 0 Å². The topological polar surface area (TPSA) is 212 Å². The van der Waals surface area contributed by atoms with Crippen LogP contribution in [0.5, 0.6) is 11.5 Å². The number of ether oxygens (including phenoxy) is 7. The lowest BCUT2D eigenvalue weighted by atomic mass is 9.80. The summed E-state index contributed by atoms with van der Waals surface area (Å²) >= 11 is 0. The minimum Gasteiger partial charge on any atom is -0.497 e. The van der Waals surface area contributed by atoms with Crippen molar-refractivity contribution in [1.29, 1.82) is 0 Å². The zero-order valence-electron chi connectivity index (χ0n) is 47.3. The first-order valence-corrected chi connectivity index (χ1v) is 28.1. The molecule has 0 bridgehead atoms. The summed E-state index contributed by atoms with van der Waals surface area (Å²) in [7, 11) is 1.57. The van der Waals surface area contributed by atoms with Crippen LogP contribution in [-0.4, -0.2) is 138 Å². The lowest BCUT2D eigenvalue weighted by Crippen LogP contribution is -2.53. The van der Waals surface area contributed by atoms with Gasteiger partial charge in [0, 0.05) is 76.7 Å². The molecular formula is C58H84N5O14P. The molecule has 430 valence electrons. The Morgan fingerprint density at radius 1 is 0.692 bits per heavy atom. The fraction of sp³-hybridized carbons (Fsp3) is 0.586. The number of rotatable bonds is 35. The van der Waals surface area contributed by atoms with E-state index in [2.05, 4.69) is 53.2 Å². The third kappa shape index (κ3) is 20.8. The minimum absolute atomic E-state index is 0.0104. The van der Waals surface area contributed by atoms with Crippen molar-refractivity contribution >= 4 is 38.2 Å². The zero-order valence-corrected chi connectivity index (χ0v) is 48.2. The van der Waals surface area contributed by atoms with Gasteiger partial charge in [-0.05, 0) is 94.3 Å². The first-order chi connectivity index (χ1) is 37.4. The number of nitrogens with zero attached hydrogens (tertiary/aromatic N) is 2. The van der Waals surface area contributed by atoms with Crippen LogP contribution in [0, 0.1) is 18.4 Å². The summed E-state index contributed by atoms with van der Waals surface area (Å²) in [5, 5.41) is 8.90. The molecule has 1 aliphatic rings. The highest BCUT2D eigenvalue weighted by molar-refractivity contribution is 7.44. The molecule has 3 N–H and O–H groups in total. The molecule has 4 rings (SSSR count). The molecular weight excluding hydrogens is 1020 g/mol. The third-order valence-electron chi connectivity index (χ3n) is 13.2. The summed E-state index contributed by atoms with van der Waals surface area (Å²) in [4.78, 5) is 66.0. The van der Waals surface area contributed by atoms with Crippen molar-refractivity contribution < 1.29 is 66.2 Å². The normalized spacial score (nSPS) is 18.1. The number of hydrogen-bond donors (Lipinski definition) is 3. The number of nitrogens with one attached hydrogen (secondary N) is 3. The Labute approximate surface area is 463 Å².